The normalized spacial score (nSPS) is 11.1. The molecule has 0 amide bonds. The summed E-state index contributed by atoms with van der Waals surface area (Å²) >= 11 is 0. The van der Waals surface area contributed by atoms with Gasteiger partial charge in [-0.15, -0.1) is 0 Å². The van der Waals surface area contributed by atoms with Crippen molar-refractivity contribution >= 4 is 5.97 Å². The summed E-state index contributed by atoms with van der Waals surface area (Å²) in [4.78, 5) is 23.6. The SMILES string of the molecule is Cc1ccc(C(=O)O)cc1-n1[nH]c(C)c(CC(C)C)c1=O. The monoisotopic (exact) mass is 288 g/mol. The lowest BCUT2D eigenvalue weighted by Crippen LogP contribution is -2.19. The Kier molecular flexibility index (Phi) is 4.02. The second-order valence-electron chi connectivity index (χ2n) is 5.76. The van der Waals surface area contributed by atoms with Gasteiger partial charge in [0.2, 0.25) is 0 Å². The molecule has 1 heterocycles. The molecule has 0 unspecified atom stereocenters. The fraction of sp³-hybridized carbons (Fsp3) is 0.375. The first-order chi connectivity index (χ1) is 9.81. The van der Waals surface area contributed by atoms with Crippen LogP contribution < -0.4 is 5.56 Å². The maximum absolute atomic E-state index is 12.5. The Balaban J connectivity index is 2.60. The van der Waals surface area contributed by atoms with Crippen LogP contribution >= 0.6 is 0 Å². The van der Waals surface area contributed by atoms with Crippen LogP contribution in [0.3, 0.4) is 0 Å². The van der Waals surface area contributed by atoms with E-state index in [4.69, 9.17) is 5.11 Å². The standard InChI is InChI=1S/C16H20N2O3/c1-9(2)7-13-11(4)17-18(15(13)19)14-8-12(16(20)21)6-5-10(14)3/h5-6,8-9,17H,7H2,1-4H3,(H,20,21). The highest BCUT2D eigenvalue weighted by molar-refractivity contribution is 5.88. The van der Waals surface area contributed by atoms with Crippen molar-refractivity contribution < 1.29 is 9.90 Å². The van der Waals surface area contributed by atoms with E-state index in [1.54, 1.807) is 6.07 Å². The molecule has 0 bridgehead atoms. The highest BCUT2D eigenvalue weighted by Gasteiger charge is 2.16. The fourth-order valence-electron chi connectivity index (χ4n) is 2.38. The van der Waals surface area contributed by atoms with Gasteiger partial charge in [0.1, 0.15) is 0 Å². The van der Waals surface area contributed by atoms with E-state index in [1.165, 1.54) is 16.8 Å². The Morgan fingerprint density at radius 1 is 1.33 bits per heavy atom. The number of carbonyl (C=O) groups is 1. The van der Waals surface area contributed by atoms with Crippen molar-refractivity contribution in [2.24, 2.45) is 5.92 Å². The van der Waals surface area contributed by atoms with Gasteiger partial charge >= 0.3 is 5.97 Å². The van der Waals surface area contributed by atoms with Gasteiger partial charge in [-0.3, -0.25) is 9.89 Å². The Labute approximate surface area is 123 Å². The van der Waals surface area contributed by atoms with E-state index in [9.17, 15) is 9.59 Å². The molecule has 21 heavy (non-hydrogen) atoms. The molecule has 2 N–H and O–H groups in total. The quantitative estimate of drug-likeness (QED) is 0.908. The van der Waals surface area contributed by atoms with Gasteiger partial charge in [-0.2, -0.15) is 0 Å². The summed E-state index contributed by atoms with van der Waals surface area (Å²) in [5.41, 5.74) is 3.07. The molecule has 112 valence electrons. The molecule has 5 nitrogen and oxygen atoms in total. The number of H-pyrrole nitrogens is 1. The van der Waals surface area contributed by atoms with Crippen molar-refractivity contribution in [1.29, 1.82) is 0 Å². The van der Waals surface area contributed by atoms with Gasteiger partial charge in [0.05, 0.1) is 11.3 Å². The third-order valence-electron chi connectivity index (χ3n) is 3.50. The van der Waals surface area contributed by atoms with Crippen LogP contribution in [0.5, 0.6) is 0 Å². The van der Waals surface area contributed by atoms with Crippen molar-refractivity contribution in [3.8, 4) is 5.69 Å². The number of carboxylic acids is 1. The van der Waals surface area contributed by atoms with Gasteiger partial charge in [0.25, 0.3) is 5.56 Å². The maximum Gasteiger partial charge on any atom is 0.335 e. The van der Waals surface area contributed by atoms with Gasteiger partial charge in [-0.25, -0.2) is 9.48 Å². The zero-order chi connectivity index (χ0) is 15.7. The molecule has 0 saturated carbocycles. The van der Waals surface area contributed by atoms with Crippen molar-refractivity contribution in [2.75, 3.05) is 0 Å². The van der Waals surface area contributed by atoms with Gasteiger partial charge in [0.15, 0.2) is 0 Å². The number of hydrogen-bond donors (Lipinski definition) is 2. The Hall–Kier alpha value is -2.30. The number of rotatable bonds is 4. The van der Waals surface area contributed by atoms with E-state index in [-0.39, 0.29) is 11.1 Å². The lowest BCUT2D eigenvalue weighted by molar-refractivity contribution is 0.0697. The van der Waals surface area contributed by atoms with Gasteiger partial charge < -0.3 is 5.11 Å². The zero-order valence-electron chi connectivity index (χ0n) is 12.7. The number of hydrogen-bond acceptors (Lipinski definition) is 2. The molecule has 0 saturated heterocycles. The number of carboxylic acid groups (broad SMARTS) is 1. The summed E-state index contributed by atoms with van der Waals surface area (Å²) in [5, 5.41) is 12.2. The molecule has 0 aliphatic heterocycles. The molecule has 5 heteroatoms. The number of benzene rings is 1. The molecule has 2 aromatic rings. The van der Waals surface area contributed by atoms with Crippen molar-refractivity contribution in [2.45, 2.75) is 34.1 Å². The molecule has 0 aliphatic carbocycles. The second kappa shape index (κ2) is 5.60. The van der Waals surface area contributed by atoms with Crippen LogP contribution in [0.1, 0.15) is 41.0 Å². The topological polar surface area (TPSA) is 75.1 Å². The lowest BCUT2D eigenvalue weighted by atomic mass is 10.0. The van der Waals surface area contributed by atoms with Crippen molar-refractivity contribution in [3.63, 3.8) is 0 Å². The maximum atomic E-state index is 12.5. The van der Waals surface area contributed by atoms with E-state index in [0.717, 1.165) is 16.8 Å². The number of aryl methyl sites for hydroxylation is 2. The van der Waals surface area contributed by atoms with E-state index in [0.29, 0.717) is 18.0 Å². The molecule has 0 fully saturated rings. The highest BCUT2D eigenvalue weighted by Crippen LogP contribution is 2.16. The van der Waals surface area contributed by atoms with Gasteiger partial charge in [0, 0.05) is 11.3 Å². The van der Waals surface area contributed by atoms with E-state index in [1.807, 2.05) is 13.8 Å². The third-order valence-corrected chi connectivity index (χ3v) is 3.50. The molecule has 0 spiro atoms. The Morgan fingerprint density at radius 3 is 2.57 bits per heavy atom. The molecule has 0 radical (unpaired) electrons. The molecule has 0 atom stereocenters. The van der Waals surface area contributed by atoms with Gasteiger partial charge in [-0.05, 0) is 43.9 Å². The predicted octanol–water partition coefficient (Wildman–Crippen LogP) is 2.68. The number of aromatic nitrogens is 2. The minimum Gasteiger partial charge on any atom is -0.478 e. The third kappa shape index (κ3) is 2.91. The first-order valence-electron chi connectivity index (χ1n) is 6.96. The second-order valence-corrected chi connectivity index (χ2v) is 5.76. The zero-order valence-corrected chi connectivity index (χ0v) is 12.7. The Bertz CT molecular complexity index is 738. The number of nitrogens with one attached hydrogen (secondary N) is 1. The molecule has 2 rings (SSSR count). The summed E-state index contributed by atoms with van der Waals surface area (Å²) < 4.78 is 1.44. The highest BCUT2D eigenvalue weighted by atomic mass is 16.4. The molecule has 0 aliphatic rings. The molecular formula is C16H20N2O3. The molecule has 1 aromatic carbocycles. The number of nitrogens with zero attached hydrogens (tertiary/aromatic N) is 1. The molecule has 1 aromatic heterocycles. The lowest BCUT2D eigenvalue weighted by Gasteiger charge is -2.07. The largest absolute Gasteiger partial charge is 0.478 e. The average Bonchev–Trinajstić information content (AvgIpc) is 2.66. The summed E-state index contributed by atoms with van der Waals surface area (Å²) in [6.07, 6.45) is 0.700. The van der Waals surface area contributed by atoms with Crippen LogP contribution in [0.25, 0.3) is 5.69 Å². The van der Waals surface area contributed by atoms with Crippen molar-refractivity contribution in [1.82, 2.24) is 9.78 Å². The van der Waals surface area contributed by atoms with Crippen LogP contribution in [-0.4, -0.2) is 20.9 Å². The summed E-state index contributed by atoms with van der Waals surface area (Å²) in [5.74, 6) is -0.623. The van der Waals surface area contributed by atoms with Crippen LogP contribution in [0.4, 0.5) is 0 Å². The summed E-state index contributed by atoms with van der Waals surface area (Å²) in [6.45, 7) is 7.84. The van der Waals surface area contributed by atoms with E-state index in [2.05, 4.69) is 18.9 Å². The smallest absolute Gasteiger partial charge is 0.335 e. The fourth-order valence-corrected chi connectivity index (χ4v) is 2.38. The minimum absolute atomic E-state index is 0.105. The number of aromatic carboxylic acids is 1. The summed E-state index contributed by atoms with van der Waals surface area (Å²) in [6, 6.07) is 4.77. The predicted molar refractivity (Wildman–Crippen MR) is 81.4 cm³/mol. The van der Waals surface area contributed by atoms with Crippen LogP contribution in [0.15, 0.2) is 23.0 Å². The first kappa shape index (κ1) is 15.1. The number of aromatic amines is 1. The minimum atomic E-state index is -1.00. The first-order valence-corrected chi connectivity index (χ1v) is 6.96. The Morgan fingerprint density at radius 2 is 2.00 bits per heavy atom. The van der Waals surface area contributed by atoms with E-state index < -0.39 is 5.97 Å². The average molecular weight is 288 g/mol. The van der Waals surface area contributed by atoms with Gasteiger partial charge in [-0.1, -0.05) is 19.9 Å². The van der Waals surface area contributed by atoms with Crippen LogP contribution in [0, 0.1) is 19.8 Å². The van der Waals surface area contributed by atoms with Crippen molar-refractivity contribution in [3.05, 3.63) is 50.9 Å². The van der Waals surface area contributed by atoms with Crippen LogP contribution in [-0.2, 0) is 6.42 Å². The summed E-state index contributed by atoms with van der Waals surface area (Å²) in [7, 11) is 0. The molecular weight excluding hydrogens is 268 g/mol. The van der Waals surface area contributed by atoms with Crippen LogP contribution in [0.2, 0.25) is 0 Å². The van der Waals surface area contributed by atoms with E-state index >= 15 is 0 Å².